The van der Waals surface area contributed by atoms with Gasteiger partial charge in [0.2, 0.25) is 5.91 Å². The molecule has 0 bridgehead atoms. The molecule has 1 amide bonds. The van der Waals surface area contributed by atoms with E-state index in [4.69, 9.17) is 15.2 Å². The number of aromatic nitrogens is 2. The van der Waals surface area contributed by atoms with E-state index < -0.39 is 11.2 Å². The normalized spacial score (nSPS) is 17.8. The van der Waals surface area contributed by atoms with Crippen molar-refractivity contribution in [2.75, 3.05) is 43.5 Å². The number of unbranched alkanes of at least 4 members (excludes halogenated alkanes) is 1. The minimum atomic E-state index is -0.642. The number of amides is 1. The van der Waals surface area contributed by atoms with E-state index in [1.807, 2.05) is 25.1 Å². The van der Waals surface area contributed by atoms with Gasteiger partial charge in [-0.25, -0.2) is 4.79 Å². The van der Waals surface area contributed by atoms with Crippen LogP contribution in [0.2, 0.25) is 0 Å². The Labute approximate surface area is 204 Å². The molecule has 0 saturated carbocycles. The van der Waals surface area contributed by atoms with E-state index in [0.29, 0.717) is 19.8 Å². The molecule has 1 aromatic carbocycles. The number of nitrogens with zero attached hydrogens (tertiary/aromatic N) is 3. The first-order chi connectivity index (χ1) is 16.9. The van der Waals surface area contributed by atoms with Crippen molar-refractivity contribution >= 4 is 17.4 Å². The van der Waals surface area contributed by atoms with Gasteiger partial charge in [0.05, 0.1) is 19.8 Å². The third-order valence-corrected chi connectivity index (χ3v) is 6.69. The second kappa shape index (κ2) is 11.0. The maximum absolute atomic E-state index is 13.4. The third kappa shape index (κ3) is 5.22. The van der Waals surface area contributed by atoms with Crippen LogP contribution >= 0.6 is 0 Å². The fraction of sp³-hybridized carbons (Fsp3) is 0.560. The Kier molecular flexibility index (Phi) is 7.80. The van der Waals surface area contributed by atoms with E-state index in [1.54, 1.807) is 6.92 Å². The number of carbonyl (C=O) groups excluding carboxylic acids is 1. The molecule has 10 nitrogen and oxygen atoms in total. The lowest BCUT2D eigenvalue weighted by Crippen LogP contribution is -2.45. The summed E-state index contributed by atoms with van der Waals surface area (Å²) in [7, 11) is 0. The molecule has 1 aromatic heterocycles. The van der Waals surface area contributed by atoms with Crippen LogP contribution in [-0.4, -0.2) is 53.2 Å². The summed E-state index contributed by atoms with van der Waals surface area (Å²) in [5, 5.41) is 0. The van der Waals surface area contributed by atoms with Crippen molar-refractivity contribution in [3.05, 3.63) is 44.6 Å². The molecule has 190 valence electrons. The summed E-state index contributed by atoms with van der Waals surface area (Å²) in [5.74, 6) is 1.29. The molecule has 1 saturated heterocycles. The van der Waals surface area contributed by atoms with E-state index >= 15 is 0 Å². The maximum Gasteiger partial charge on any atom is 0.330 e. The van der Waals surface area contributed by atoms with E-state index in [0.717, 1.165) is 55.7 Å². The van der Waals surface area contributed by atoms with Gasteiger partial charge in [-0.05, 0) is 50.4 Å². The Bertz CT molecular complexity index is 1170. The first kappa shape index (κ1) is 24.8. The van der Waals surface area contributed by atoms with Crippen molar-refractivity contribution in [2.45, 2.75) is 58.5 Å². The van der Waals surface area contributed by atoms with Crippen molar-refractivity contribution in [3.63, 3.8) is 0 Å². The molecule has 1 fully saturated rings. The van der Waals surface area contributed by atoms with Crippen LogP contribution in [0.25, 0.3) is 0 Å². The van der Waals surface area contributed by atoms with Gasteiger partial charge in [0.1, 0.15) is 5.82 Å². The Morgan fingerprint density at radius 2 is 1.94 bits per heavy atom. The van der Waals surface area contributed by atoms with Gasteiger partial charge in [0.15, 0.2) is 17.2 Å². The zero-order valence-electron chi connectivity index (χ0n) is 20.5. The van der Waals surface area contributed by atoms with Crippen molar-refractivity contribution in [1.82, 2.24) is 14.5 Å². The largest absolute Gasteiger partial charge is 0.490 e. The van der Waals surface area contributed by atoms with Crippen LogP contribution in [0, 0.1) is 0 Å². The van der Waals surface area contributed by atoms with Crippen LogP contribution in [0.15, 0.2) is 27.8 Å². The minimum Gasteiger partial charge on any atom is -0.490 e. The van der Waals surface area contributed by atoms with Gasteiger partial charge < -0.3 is 20.1 Å². The Morgan fingerprint density at radius 3 is 2.69 bits per heavy atom. The summed E-state index contributed by atoms with van der Waals surface area (Å²) < 4.78 is 12.9. The number of H-pyrrole nitrogens is 1. The van der Waals surface area contributed by atoms with Gasteiger partial charge in [0.25, 0.3) is 5.56 Å². The zero-order valence-corrected chi connectivity index (χ0v) is 20.5. The molecule has 4 rings (SSSR count). The second-order valence-corrected chi connectivity index (χ2v) is 9.02. The van der Waals surface area contributed by atoms with E-state index in [-0.39, 0.29) is 36.5 Å². The van der Waals surface area contributed by atoms with Gasteiger partial charge in [-0.15, -0.1) is 0 Å². The number of nitrogen functional groups attached to an aromatic ring is 1. The summed E-state index contributed by atoms with van der Waals surface area (Å²) in [6, 6.07) is 6.04. The molecule has 3 N–H and O–H groups in total. The molecule has 0 spiro atoms. The summed E-state index contributed by atoms with van der Waals surface area (Å²) in [4.78, 5) is 44.3. The molecule has 2 aromatic rings. The average Bonchev–Trinajstić information content (AvgIpc) is 3.16. The number of benzene rings is 1. The lowest BCUT2D eigenvalue weighted by atomic mass is 10.0. The van der Waals surface area contributed by atoms with E-state index in [2.05, 4.69) is 9.88 Å². The SMILES string of the molecule is CCCCn1c(N)c(N(CC)C(=O)CN2CCC[C@@H]2c2ccc3c(c2)OCCCO3)c(=O)[nH]c1=O. The first-order valence-corrected chi connectivity index (χ1v) is 12.5. The Morgan fingerprint density at radius 1 is 1.17 bits per heavy atom. The molecular weight excluding hydrogens is 450 g/mol. The lowest BCUT2D eigenvalue weighted by molar-refractivity contribution is -0.120. The quantitative estimate of drug-likeness (QED) is 0.588. The number of hydrogen-bond acceptors (Lipinski definition) is 7. The molecule has 0 radical (unpaired) electrons. The average molecular weight is 486 g/mol. The minimum absolute atomic E-state index is 0.0308. The highest BCUT2D eigenvalue weighted by molar-refractivity contribution is 5.96. The predicted octanol–water partition coefficient (Wildman–Crippen LogP) is 2.27. The standard InChI is InChI=1S/C25H35N5O5/c1-3-5-12-30-23(26)22(24(32)27-25(30)33)29(4-2)21(31)16-28-11-6-8-18(28)17-9-10-19-20(15-17)35-14-7-13-34-19/h9-10,15,18H,3-8,11-14,16,26H2,1-2H3,(H,27,32,33)/t18-/m1/s1. The number of likely N-dealkylation sites (N-methyl/N-ethyl adjacent to an activating group) is 1. The number of rotatable bonds is 8. The van der Waals surface area contributed by atoms with Gasteiger partial charge in [-0.2, -0.15) is 0 Å². The highest BCUT2D eigenvalue weighted by Gasteiger charge is 2.31. The highest BCUT2D eigenvalue weighted by Crippen LogP contribution is 2.38. The smallest absolute Gasteiger partial charge is 0.330 e. The summed E-state index contributed by atoms with van der Waals surface area (Å²) in [5.41, 5.74) is 6.18. The molecule has 3 heterocycles. The number of hydrogen-bond donors (Lipinski definition) is 2. The second-order valence-electron chi connectivity index (χ2n) is 9.02. The van der Waals surface area contributed by atoms with Crippen LogP contribution in [0.4, 0.5) is 11.5 Å². The molecule has 2 aliphatic heterocycles. The van der Waals surface area contributed by atoms with Gasteiger partial charge in [-0.1, -0.05) is 19.4 Å². The van der Waals surface area contributed by atoms with Crippen molar-refractivity contribution in [3.8, 4) is 11.5 Å². The van der Waals surface area contributed by atoms with Crippen molar-refractivity contribution in [1.29, 1.82) is 0 Å². The van der Waals surface area contributed by atoms with E-state index in [9.17, 15) is 14.4 Å². The van der Waals surface area contributed by atoms with Crippen molar-refractivity contribution in [2.24, 2.45) is 0 Å². The number of nitrogens with two attached hydrogens (primary N) is 1. The first-order valence-electron chi connectivity index (χ1n) is 12.5. The maximum atomic E-state index is 13.4. The number of nitrogens with one attached hydrogen (secondary N) is 1. The molecule has 2 aliphatic rings. The van der Waals surface area contributed by atoms with Crippen LogP contribution < -0.4 is 31.4 Å². The van der Waals surface area contributed by atoms with Gasteiger partial charge in [-0.3, -0.25) is 24.0 Å². The highest BCUT2D eigenvalue weighted by atomic mass is 16.5. The Balaban J connectivity index is 1.56. The number of fused-ring (bicyclic) bond motifs is 1. The van der Waals surface area contributed by atoms with Crippen molar-refractivity contribution < 1.29 is 14.3 Å². The number of ether oxygens (including phenoxy) is 2. The molecule has 35 heavy (non-hydrogen) atoms. The number of likely N-dealkylation sites (tertiary alicyclic amines) is 1. The summed E-state index contributed by atoms with van der Waals surface area (Å²) >= 11 is 0. The molecule has 1 atom stereocenters. The molecular formula is C25H35N5O5. The zero-order chi connectivity index (χ0) is 24.9. The predicted molar refractivity (Wildman–Crippen MR) is 134 cm³/mol. The van der Waals surface area contributed by atoms with Crippen LogP contribution in [0.3, 0.4) is 0 Å². The fourth-order valence-corrected chi connectivity index (χ4v) is 4.87. The molecule has 0 unspecified atom stereocenters. The summed E-state index contributed by atoms with van der Waals surface area (Å²) in [6.45, 7) is 6.61. The Hall–Kier alpha value is -3.27. The number of anilines is 2. The topological polar surface area (TPSA) is 123 Å². The fourth-order valence-electron chi connectivity index (χ4n) is 4.87. The van der Waals surface area contributed by atoms with Gasteiger partial charge >= 0.3 is 5.69 Å². The van der Waals surface area contributed by atoms with Crippen LogP contribution in [0.5, 0.6) is 11.5 Å². The summed E-state index contributed by atoms with van der Waals surface area (Å²) in [6.07, 6.45) is 4.33. The number of aromatic amines is 1. The number of carbonyl (C=O) groups is 1. The monoisotopic (exact) mass is 485 g/mol. The molecule has 0 aliphatic carbocycles. The van der Waals surface area contributed by atoms with Gasteiger partial charge in [0, 0.05) is 25.6 Å². The lowest BCUT2D eigenvalue weighted by Gasteiger charge is -2.29. The third-order valence-electron chi connectivity index (χ3n) is 6.69. The molecule has 10 heteroatoms. The van der Waals surface area contributed by atoms with E-state index in [1.165, 1.54) is 9.47 Å². The van der Waals surface area contributed by atoms with Crippen LogP contribution in [0.1, 0.15) is 57.6 Å². The van der Waals surface area contributed by atoms with Crippen LogP contribution in [-0.2, 0) is 11.3 Å².